The minimum atomic E-state index is -5.36. The Balaban J connectivity index is 2.29. The number of carbonyl (C=O) groups is 3. The van der Waals surface area contributed by atoms with Gasteiger partial charge in [-0.3, -0.25) is 19.3 Å². The van der Waals surface area contributed by atoms with Crippen LogP contribution in [-0.4, -0.2) is 57.1 Å². The Morgan fingerprint density at radius 3 is 2.65 bits per heavy atom. The van der Waals surface area contributed by atoms with Crippen LogP contribution in [-0.2, 0) is 14.6 Å². The minimum Gasteiger partial charge on any atom is -0.493 e. The van der Waals surface area contributed by atoms with E-state index in [0.717, 1.165) is 30.3 Å². The Bertz CT molecular complexity index is 1620. The van der Waals surface area contributed by atoms with Gasteiger partial charge in [0, 0.05) is 21.3 Å². The molecule has 1 aliphatic heterocycles. The molecule has 164 valence electrons. The van der Waals surface area contributed by atoms with Crippen LogP contribution in [0.3, 0.4) is 0 Å². The molecule has 0 fully saturated rings. The number of anilines is 1. The maximum atomic E-state index is 13.7. The van der Waals surface area contributed by atoms with Gasteiger partial charge in [0.05, 0.1) is 52.3 Å². The number of fused-ring (bicyclic) bond motifs is 1. The lowest BCUT2D eigenvalue weighted by atomic mass is 10.1. The number of rotatable bonds is 7. The van der Waals surface area contributed by atoms with Gasteiger partial charge in [0.15, 0.2) is 11.5 Å². The molecule has 31 heavy (non-hydrogen) atoms. The third kappa shape index (κ3) is 4.38. The average molecular weight is 460 g/mol. The Morgan fingerprint density at radius 2 is 1.94 bits per heavy atom. The van der Waals surface area contributed by atoms with Crippen LogP contribution < -0.4 is 14.8 Å². The zero-order valence-corrected chi connectivity index (χ0v) is 16.2. The van der Waals surface area contributed by atoms with Crippen molar-refractivity contribution in [1.29, 1.82) is 0 Å². The van der Waals surface area contributed by atoms with Gasteiger partial charge in [0.2, 0.25) is 5.91 Å². The summed E-state index contributed by atoms with van der Waals surface area (Å²) < 4.78 is 133. The molecular weight excluding hydrogens is 424 g/mol. The first-order valence-electron chi connectivity index (χ1n) is 14.8. The molecule has 1 atom stereocenters. The second kappa shape index (κ2) is 8.38. The molecular formula is C21H22N2O7S. The highest BCUT2D eigenvalue weighted by Gasteiger charge is 2.43. The lowest BCUT2D eigenvalue weighted by Crippen LogP contribution is -2.37. The van der Waals surface area contributed by atoms with Gasteiger partial charge >= 0.3 is 0 Å². The predicted octanol–water partition coefficient (Wildman–Crippen LogP) is 2.04. The number of amides is 3. The molecule has 0 radical (unpaired) electrons. The highest BCUT2D eigenvalue weighted by Crippen LogP contribution is 2.38. The first-order valence-corrected chi connectivity index (χ1v) is 9.91. The Morgan fingerprint density at radius 1 is 1.16 bits per heavy atom. The minimum absolute atomic E-state index is 0.0324. The van der Waals surface area contributed by atoms with Crippen molar-refractivity contribution in [1.82, 2.24) is 4.90 Å². The van der Waals surface area contributed by atoms with Crippen LogP contribution in [0.4, 0.5) is 5.69 Å². The number of hydrogen-bond acceptors (Lipinski definition) is 7. The summed E-state index contributed by atoms with van der Waals surface area (Å²) in [6, 6.07) is 2.13. The van der Waals surface area contributed by atoms with E-state index < -0.39 is 100 Å². The normalized spacial score (nSPS) is 23.1. The largest absolute Gasteiger partial charge is 0.493 e. The molecule has 0 saturated heterocycles. The van der Waals surface area contributed by atoms with Gasteiger partial charge in [-0.15, -0.1) is 0 Å². The van der Waals surface area contributed by atoms with Crippen molar-refractivity contribution in [3.05, 3.63) is 53.1 Å². The van der Waals surface area contributed by atoms with Crippen molar-refractivity contribution in [3.63, 3.8) is 0 Å². The Kier molecular flexibility index (Phi) is 2.91. The van der Waals surface area contributed by atoms with E-state index in [-0.39, 0.29) is 4.90 Å². The van der Waals surface area contributed by atoms with Crippen LogP contribution in [0.1, 0.15) is 57.0 Å². The van der Waals surface area contributed by atoms with E-state index in [1.807, 2.05) is 5.32 Å². The van der Waals surface area contributed by atoms with Crippen LogP contribution >= 0.6 is 0 Å². The number of benzene rings is 2. The van der Waals surface area contributed by atoms with Gasteiger partial charge in [-0.05, 0) is 29.8 Å². The van der Waals surface area contributed by atoms with Crippen LogP contribution in [0.25, 0.3) is 0 Å². The van der Waals surface area contributed by atoms with Crippen LogP contribution in [0.15, 0.2) is 36.4 Å². The number of sulfone groups is 1. The fourth-order valence-electron chi connectivity index (χ4n) is 3.07. The lowest BCUT2D eigenvalue weighted by molar-refractivity contribution is -0.114. The second-order valence-electron chi connectivity index (χ2n) is 6.20. The first kappa shape index (κ1) is 10.8. The third-order valence-electron chi connectivity index (χ3n) is 4.26. The molecule has 1 N–H and O–H groups in total. The number of hydrogen-bond donors (Lipinski definition) is 1. The molecule has 0 spiro atoms. The second-order valence-corrected chi connectivity index (χ2v) is 7.72. The summed E-state index contributed by atoms with van der Waals surface area (Å²) in [5.41, 5.74) is -2.41. The van der Waals surface area contributed by atoms with Crippen molar-refractivity contribution in [3.8, 4) is 11.5 Å². The number of nitrogens with one attached hydrogen (secondary N) is 1. The number of methoxy groups -OCH3 is 2. The van der Waals surface area contributed by atoms with Gasteiger partial charge < -0.3 is 14.8 Å². The highest BCUT2D eigenvalue weighted by molar-refractivity contribution is 7.90. The first-order chi connectivity index (χ1) is 19.7. The van der Waals surface area contributed by atoms with Crippen LogP contribution in [0.2, 0.25) is 0 Å². The molecule has 2 aromatic carbocycles. The van der Waals surface area contributed by atoms with E-state index >= 15 is 0 Å². The summed E-state index contributed by atoms with van der Waals surface area (Å²) in [5, 5.41) is 1.96. The van der Waals surface area contributed by atoms with Gasteiger partial charge in [0.25, 0.3) is 11.8 Å². The van der Waals surface area contributed by atoms with Crippen LogP contribution in [0, 0.1) is 0 Å². The molecule has 3 rings (SSSR count). The zero-order valence-electron chi connectivity index (χ0n) is 28.4. The van der Waals surface area contributed by atoms with Gasteiger partial charge in [-0.25, -0.2) is 8.42 Å². The molecule has 10 heteroatoms. The van der Waals surface area contributed by atoms with E-state index in [2.05, 4.69) is 0 Å². The summed E-state index contributed by atoms with van der Waals surface area (Å²) >= 11 is 0. The third-order valence-corrected chi connectivity index (χ3v) is 4.91. The summed E-state index contributed by atoms with van der Waals surface area (Å²) in [6.07, 6.45) is -3.78. The standard InChI is InChI=1S/C21H22N2O7S/c1-12(24)22-15-7-5-6-14-19(15)21(26)23(20(14)25)16(11-31(4,27)28)13-8-9-17(29-2)18(10-13)30-3/h5-10,16H,11H2,1-4H3,(H,22,24)/i1D3,2D3,3D3,4D3,16D. The molecule has 1 aliphatic rings. The van der Waals surface area contributed by atoms with Crippen molar-refractivity contribution in [2.45, 2.75) is 12.9 Å². The molecule has 0 aromatic heterocycles. The average Bonchev–Trinajstić information content (AvgIpc) is 3.07. The monoisotopic (exact) mass is 459 g/mol. The van der Waals surface area contributed by atoms with Crippen molar-refractivity contribution in [2.75, 3.05) is 31.3 Å². The molecule has 1 heterocycles. The van der Waals surface area contributed by atoms with Crippen molar-refractivity contribution >= 4 is 33.2 Å². The Labute approximate surface area is 198 Å². The molecule has 0 saturated carbocycles. The number of ether oxygens (including phenoxy) is 2. The van der Waals surface area contributed by atoms with E-state index in [0.29, 0.717) is 6.07 Å². The summed E-state index contributed by atoms with van der Waals surface area (Å²) in [7, 11) is -11.8. The van der Waals surface area contributed by atoms with E-state index in [9.17, 15) is 22.8 Å². The quantitative estimate of drug-likeness (QED) is 0.629. The fraction of sp³-hybridized carbons (Fsp3) is 0.286. The van der Waals surface area contributed by atoms with Gasteiger partial charge in [-0.2, -0.15) is 0 Å². The molecule has 1 unspecified atom stereocenters. The van der Waals surface area contributed by atoms with Crippen molar-refractivity contribution < 1.29 is 50.1 Å². The SMILES string of the molecule is [2H]C([2H])([2H])Oc1ccc(C([2H])(CS(=O)(=O)C([2H])([2H])[2H])N2C(=O)c3cccc(NC(=O)C([2H])([2H])[2H])c3C2=O)cc1OC([2H])([2H])[2H]. The molecule has 0 bridgehead atoms. The van der Waals surface area contributed by atoms with Crippen LogP contribution in [0.5, 0.6) is 11.5 Å². The maximum Gasteiger partial charge on any atom is 0.264 e. The summed E-state index contributed by atoms with van der Waals surface area (Å²) in [6.45, 7) is -3.20. The molecule has 2 aromatic rings. The Hall–Kier alpha value is -3.40. The zero-order chi connectivity index (χ0) is 33.8. The number of nitrogens with zero attached hydrogens (tertiary/aromatic N) is 1. The van der Waals surface area contributed by atoms with Gasteiger partial charge in [-0.1, -0.05) is 12.1 Å². The molecule has 0 aliphatic carbocycles. The van der Waals surface area contributed by atoms with E-state index in [1.54, 1.807) is 0 Å². The fourth-order valence-corrected chi connectivity index (χ4v) is 3.72. The van der Waals surface area contributed by atoms with Crippen molar-refractivity contribution in [2.24, 2.45) is 0 Å². The predicted molar refractivity (Wildman–Crippen MR) is 113 cm³/mol. The number of imide groups is 1. The molecule has 3 amide bonds. The smallest absolute Gasteiger partial charge is 0.264 e. The van der Waals surface area contributed by atoms with Gasteiger partial charge in [0.1, 0.15) is 9.84 Å². The number of carbonyl (C=O) groups excluding carboxylic acids is 3. The highest BCUT2D eigenvalue weighted by atomic mass is 32.2. The maximum absolute atomic E-state index is 13.7. The van der Waals surface area contributed by atoms with E-state index in [4.69, 9.17) is 27.3 Å². The summed E-state index contributed by atoms with van der Waals surface area (Å²) in [5.74, 6) is -7.80. The molecule has 9 nitrogen and oxygen atoms in total. The topological polar surface area (TPSA) is 119 Å². The van der Waals surface area contributed by atoms with E-state index in [1.165, 1.54) is 0 Å². The lowest BCUT2D eigenvalue weighted by Gasteiger charge is -2.26. The summed E-state index contributed by atoms with van der Waals surface area (Å²) in [4.78, 5) is 39.5.